The minimum atomic E-state index is 0.452. The topological polar surface area (TPSA) is 12.0 Å². The van der Waals surface area contributed by atoms with Gasteiger partial charge in [0.1, 0.15) is 0 Å². The van der Waals surface area contributed by atoms with E-state index < -0.39 is 0 Å². The number of nitrogens with one attached hydrogen (secondary N) is 1. The molecule has 1 N–H and O–H groups in total. The van der Waals surface area contributed by atoms with Crippen molar-refractivity contribution >= 4 is 11.6 Å². The normalized spacial score (nSPS) is 11.2. The van der Waals surface area contributed by atoms with Gasteiger partial charge in [0, 0.05) is 17.6 Å². The van der Waals surface area contributed by atoms with Crippen molar-refractivity contribution in [2.75, 3.05) is 0 Å². The van der Waals surface area contributed by atoms with Crippen molar-refractivity contribution in [1.29, 1.82) is 0 Å². The quantitative estimate of drug-likeness (QED) is 0.794. The zero-order chi connectivity index (χ0) is 15.6. The van der Waals surface area contributed by atoms with E-state index in [4.69, 9.17) is 11.6 Å². The zero-order valence-corrected chi connectivity index (χ0v) is 14.3. The summed E-state index contributed by atoms with van der Waals surface area (Å²) < 4.78 is 0. The molecule has 0 radical (unpaired) electrons. The molecule has 0 saturated carbocycles. The van der Waals surface area contributed by atoms with E-state index in [-0.39, 0.29) is 0 Å². The van der Waals surface area contributed by atoms with Gasteiger partial charge in [-0.05, 0) is 66.3 Å². The summed E-state index contributed by atoms with van der Waals surface area (Å²) in [5.41, 5.74) is 7.66. The van der Waals surface area contributed by atoms with E-state index in [1.54, 1.807) is 0 Å². The number of benzene rings is 2. The van der Waals surface area contributed by atoms with Gasteiger partial charge in [-0.25, -0.2) is 0 Å². The van der Waals surface area contributed by atoms with Crippen molar-refractivity contribution in [2.45, 2.75) is 47.2 Å². The lowest BCUT2D eigenvalue weighted by atomic mass is 9.94. The van der Waals surface area contributed by atoms with Crippen molar-refractivity contribution in [2.24, 2.45) is 0 Å². The molecule has 0 amide bonds. The Hall–Kier alpha value is -1.31. The summed E-state index contributed by atoms with van der Waals surface area (Å²) in [5, 5.41) is 4.26. The van der Waals surface area contributed by atoms with E-state index in [9.17, 15) is 0 Å². The highest BCUT2D eigenvalue weighted by atomic mass is 35.5. The van der Waals surface area contributed by atoms with Crippen LogP contribution in [-0.4, -0.2) is 6.04 Å². The van der Waals surface area contributed by atoms with Gasteiger partial charge in [0.05, 0.1) is 0 Å². The SMILES string of the molecule is Cc1cc(C)c(-c2ccc(Cl)c(CNC(C)C)c2)cc1C. The van der Waals surface area contributed by atoms with Crippen LogP contribution < -0.4 is 5.32 Å². The van der Waals surface area contributed by atoms with Gasteiger partial charge in [0.25, 0.3) is 0 Å². The summed E-state index contributed by atoms with van der Waals surface area (Å²) in [4.78, 5) is 0. The van der Waals surface area contributed by atoms with Gasteiger partial charge >= 0.3 is 0 Å². The maximum Gasteiger partial charge on any atom is 0.0451 e. The Morgan fingerprint density at radius 2 is 1.62 bits per heavy atom. The largest absolute Gasteiger partial charge is 0.310 e. The second-order valence-corrected chi connectivity index (χ2v) is 6.50. The van der Waals surface area contributed by atoms with E-state index in [0.29, 0.717) is 6.04 Å². The summed E-state index contributed by atoms with van der Waals surface area (Å²) in [6.45, 7) is 11.6. The van der Waals surface area contributed by atoms with Gasteiger partial charge in [0.15, 0.2) is 0 Å². The van der Waals surface area contributed by atoms with Gasteiger partial charge < -0.3 is 5.32 Å². The zero-order valence-electron chi connectivity index (χ0n) is 13.5. The monoisotopic (exact) mass is 301 g/mol. The number of rotatable bonds is 4. The first-order valence-electron chi connectivity index (χ1n) is 7.48. The predicted octanol–water partition coefficient (Wildman–Crippen LogP) is 5.43. The summed E-state index contributed by atoms with van der Waals surface area (Å²) in [5.74, 6) is 0. The molecule has 1 nitrogen and oxygen atoms in total. The van der Waals surface area contributed by atoms with Crippen LogP contribution in [0, 0.1) is 20.8 Å². The molecule has 21 heavy (non-hydrogen) atoms. The van der Waals surface area contributed by atoms with Crippen LogP contribution in [0.1, 0.15) is 36.1 Å². The lowest BCUT2D eigenvalue weighted by Crippen LogP contribution is -2.22. The van der Waals surface area contributed by atoms with Gasteiger partial charge in [0.2, 0.25) is 0 Å². The average molecular weight is 302 g/mol. The van der Waals surface area contributed by atoms with E-state index in [2.05, 4.69) is 64.2 Å². The molecule has 2 heteroatoms. The van der Waals surface area contributed by atoms with Crippen molar-refractivity contribution in [3.8, 4) is 11.1 Å². The molecule has 0 aliphatic carbocycles. The molecule has 0 aliphatic heterocycles. The van der Waals surface area contributed by atoms with Gasteiger partial charge in [-0.3, -0.25) is 0 Å². The third-order valence-corrected chi connectivity index (χ3v) is 4.27. The minimum absolute atomic E-state index is 0.452. The Balaban J connectivity index is 2.41. The Kier molecular flexibility index (Phi) is 5.08. The van der Waals surface area contributed by atoms with Crippen LogP contribution in [0.25, 0.3) is 11.1 Å². The number of aryl methyl sites for hydroxylation is 3. The summed E-state index contributed by atoms with van der Waals surface area (Å²) >= 11 is 6.32. The Labute approximate surface area is 133 Å². The highest BCUT2D eigenvalue weighted by molar-refractivity contribution is 6.31. The van der Waals surface area contributed by atoms with Crippen LogP contribution in [0.5, 0.6) is 0 Å². The van der Waals surface area contributed by atoms with Crippen LogP contribution in [0.2, 0.25) is 5.02 Å². The smallest absolute Gasteiger partial charge is 0.0451 e. The molecule has 0 bridgehead atoms. The first kappa shape index (κ1) is 16.1. The fourth-order valence-corrected chi connectivity index (χ4v) is 2.65. The van der Waals surface area contributed by atoms with Crippen LogP contribution in [0.3, 0.4) is 0 Å². The maximum atomic E-state index is 6.32. The molecular formula is C19H24ClN. The summed E-state index contributed by atoms with van der Waals surface area (Å²) in [7, 11) is 0. The molecule has 0 atom stereocenters. The first-order chi connectivity index (χ1) is 9.88. The Morgan fingerprint density at radius 3 is 2.29 bits per heavy atom. The highest BCUT2D eigenvalue weighted by Crippen LogP contribution is 2.29. The van der Waals surface area contributed by atoms with Crippen molar-refractivity contribution in [3.63, 3.8) is 0 Å². The first-order valence-corrected chi connectivity index (χ1v) is 7.86. The van der Waals surface area contributed by atoms with E-state index in [1.165, 1.54) is 27.8 Å². The maximum absolute atomic E-state index is 6.32. The molecule has 0 unspecified atom stereocenters. The number of hydrogen-bond donors (Lipinski definition) is 1. The highest BCUT2D eigenvalue weighted by Gasteiger charge is 2.08. The fourth-order valence-electron chi connectivity index (χ4n) is 2.46. The van der Waals surface area contributed by atoms with Crippen LogP contribution in [0.15, 0.2) is 30.3 Å². The van der Waals surface area contributed by atoms with E-state index in [0.717, 1.165) is 17.1 Å². The van der Waals surface area contributed by atoms with Gasteiger partial charge in [-0.2, -0.15) is 0 Å². The summed E-state index contributed by atoms with van der Waals surface area (Å²) in [6, 6.07) is 11.3. The van der Waals surface area contributed by atoms with Crippen LogP contribution in [0.4, 0.5) is 0 Å². The molecule has 2 aromatic carbocycles. The molecule has 0 heterocycles. The summed E-state index contributed by atoms with van der Waals surface area (Å²) in [6.07, 6.45) is 0. The molecule has 2 rings (SSSR count). The van der Waals surface area contributed by atoms with Crippen molar-refractivity contribution < 1.29 is 0 Å². The number of hydrogen-bond acceptors (Lipinski definition) is 1. The molecular weight excluding hydrogens is 278 g/mol. The molecule has 0 aliphatic rings. The lowest BCUT2D eigenvalue weighted by molar-refractivity contribution is 0.589. The molecule has 0 aromatic heterocycles. The van der Waals surface area contributed by atoms with Crippen LogP contribution in [-0.2, 0) is 6.54 Å². The predicted molar refractivity (Wildman–Crippen MR) is 93.1 cm³/mol. The van der Waals surface area contributed by atoms with E-state index >= 15 is 0 Å². The third-order valence-electron chi connectivity index (χ3n) is 3.90. The second kappa shape index (κ2) is 6.64. The molecule has 112 valence electrons. The van der Waals surface area contributed by atoms with Crippen molar-refractivity contribution in [1.82, 2.24) is 5.32 Å². The van der Waals surface area contributed by atoms with Gasteiger partial charge in [-0.1, -0.05) is 43.6 Å². The Morgan fingerprint density at radius 1 is 0.952 bits per heavy atom. The molecule has 2 aromatic rings. The van der Waals surface area contributed by atoms with Crippen molar-refractivity contribution in [3.05, 3.63) is 57.6 Å². The molecule has 0 spiro atoms. The van der Waals surface area contributed by atoms with Crippen LogP contribution >= 0.6 is 11.6 Å². The molecule has 0 fully saturated rings. The fraction of sp³-hybridized carbons (Fsp3) is 0.368. The minimum Gasteiger partial charge on any atom is -0.310 e. The molecule has 0 saturated heterocycles. The average Bonchev–Trinajstić information content (AvgIpc) is 2.42. The second-order valence-electron chi connectivity index (χ2n) is 6.09. The Bertz CT molecular complexity index is 644. The number of halogens is 1. The third kappa shape index (κ3) is 3.87. The lowest BCUT2D eigenvalue weighted by Gasteiger charge is -2.14. The van der Waals surface area contributed by atoms with Gasteiger partial charge in [-0.15, -0.1) is 0 Å². The van der Waals surface area contributed by atoms with E-state index in [1.807, 2.05) is 6.07 Å². The standard InChI is InChI=1S/C19H24ClN/c1-12(2)21-11-17-10-16(6-7-19(17)20)18-9-14(4)13(3)8-15(18)5/h6-10,12,21H,11H2,1-5H3.